The number of allylic oxidation sites excluding steroid dienone is 1. The summed E-state index contributed by atoms with van der Waals surface area (Å²) in [5, 5.41) is 5.87. The largest absolute Gasteiger partial charge is 0.370 e. The van der Waals surface area contributed by atoms with Crippen molar-refractivity contribution in [3.63, 3.8) is 0 Å². The van der Waals surface area contributed by atoms with E-state index >= 15 is 0 Å². The maximum absolute atomic E-state index is 12.3. The molecule has 136 valence electrons. The number of nitrogens with one attached hydrogen (secondary N) is 1. The molecule has 3 saturated heterocycles. The van der Waals surface area contributed by atoms with Gasteiger partial charge >= 0.3 is 0 Å². The molecule has 1 aromatic rings. The number of rotatable bonds is 5. The summed E-state index contributed by atoms with van der Waals surface area (Å²) in [5.41, 5.74) is 1.94. The summed E-state index contributed by atoms with van der Waals surface area (Å²) < 4.78 is 6.45. The van der Waals surface area contributed by atoms with Crippen LogP contribution in [0, 0.1) is 18.8 Å². The molecule has 1 spiro atoms. The number of fused-ring (bicyclic) bond motifs is 1. The minimum Gasteiger partial charge on any atom is -0.370 e. The van der Waals surface area contributed by atoms with Crippen molar-refractivity contribution >= 4 is 17.2 Å². The number of thiazole rings is 1. The van der Waals surface area contributed by atoms with E-state index in [4.69, 9.17) is 4.74 Å². The van der Waals surface area contributed by atoms with Crippen LogP contribution >= 0.6 is 11.3 Å². The third-order valence-corrected chi connectivity index (χ3v) is 6.74. The van der Waals surface area contributed by atoms with E-state index in [1.807, 2.05) is 12.3 Å². The van der Waals surface area contributed by atoms with Gasteiger partial charge in [0, 0.05) is 43.4 Å². The highest BCUT2D eigenvalue weighted by atomic mass is 32.1. The van der Waals surface area contributed by atoms with E-state index in [1.165, 1.54) is 23.3 Å². The average molecular weight is 362 g/mol. The molecule has 0 radical (unpaired) electrons. The molecule has 1 N–H and O–H groups in total. The summed E-state index contributed by atoms with van der Waals surface area (Å²) in [6, 6.07) is 0. The van der Waals surface area contributed by atoms with Gasteiger partial charge in [-0.3, -0.25) is 9.69 Å². The van der Waals surface area contributed by atoms with E-state index in [-0.39, 0.29) is 11.5 Å². The van der Waals surface area contributed by atoms with Crippen molar-refractivity contribution < 1.29 is 9.53 Å². The molecule has 3 aliphatic rings. The number of carbonyl (C=O) groups excluding carboxylic acids is 1. The van der Waals surface area contributed by atoms with Gasteiger partial charge in [0.15, 0.2) is 0 Å². The Morgan fingerprint density at radius 3 is 3.12 bits per heavy atom. The number of hydrogen-bond donors (Lipinski definition) is 1. The first-order chi connectivity index (χ1) is 12.0. The SMILES string of the molecule is CC(C)=CCN1C[C@@H]2[C@H](CNC(=O)c3csc(C)n3)[C@H]3CC[C@]2(C1)O3. The van der Waals surface area contributed by atoms with Crippen molar-refractivity contribution in [2.75, 3.05) is 26.2 Å². The molecule has 6 heteroatoms. The van der Waals surface area contributed by atoms with Gasteiger partial charge in [0.2, 0.25) is 0 Å². The standard InChI is InChI=1S/C19H27N3O2S/c1-12(2)5-7-22-9-15-14(17-4-6-19(15,11-22)24-17)8-20-18(23)16-10-25-13(3)21-16/h5,10,14-15,17H,4,6-9,11H2,1-3H3,(H,20,23)/t14-,15+,17+,19+/m0/s1. The smallest absolute Gasteiger partial charge is 0.270 e. The number of amides is 1. The zero-order valence-electron chi connectivity index (χ0n) is 15.2. The van der Waals surface area contributed by atoms with Crippen LogP contribution in [0.25, 0.3) is 0 Å². The highest BCUT2D eigenvalue weighted by Gasteiger charge is 2.62. The van der Waals surface area contributed by atoms with Gasteiger partial charge in [0.25, 0.3) is 5.91 Å². The molecule has 4 heterocycles. The fourth-order valence-electron chi connectivity index (χ4n) is 4.78. The van der Waals surface area contributed by atoms with E-state index in [0.717, 1.165) is 31.1 Å². The van der Waals surface area contributed by atoms with Gasteiger partial charge < -0.3 is 10.1 Å². The van der Waals surface area contributed by atoms with Gasteiger partial charge in [-0.2, -0.15) is 0 Å². The van der Waals surface area contributed by atoms with Gasteiger partial charge in [-0.05, 0) is 33.6 Å². The van der Waals surface area contributed by atoms with Gasteiger partial charge in [-0.25, -0.2) is 4.98 Å². The van der Waals surface area contributed by atoms with E-state index in [0.29, 0.717) is 30.2 Å². The fourth-order valence-corrected chi connectivity index (χ4v) is 5.37. The molecular weight excluding hydrogens is 334 g/mol. The van der Waals surface area contributed by atoms with E-state index in [9.17, 15) is 4.79 Å². The first kappa shape index (κ1) is 17.2. The predicted octanol–water partition coefficient (Wildman–Crippen LogP) is 2.63. The number of nitrogens with zero attached hydrogens (tertiary/aromatic N) is 2. The van der Waals surface area contributed by atoms with Crippen LogP contribution in [0.15, 0.2) is 17.0 Å². The third kappa shape index (κ3) is 3.15. The Balaban J connectivity index is 1.39. The van der Waals surface area contributed by atoms with Crippen molar-refractivity contribution in [2.45, 2.75) is 45.3 Å². The van der Waals surface area contributed by atoms with Crippen LogP contribution in [-0.4, -0.2) is 53.7 Å². The van der Waals surface area contributed by atoms with Crippen molar-refractivity contribution in [1.29, 1.82) is 0 Å². The Bertz CT molecular complexity index is 697. The number of hydrogen-bond acceptors (Lipinski definition) is 5. The van der Waals surface area contributed by atoms with Crippen LogP contribution in [0.5, 0.6) is 0 Å². The highest BCUT2D eigenvalue weighted by molar-refractivity contribution is 7.09. The zero-order valence-corrected chi connectivity index (χ0v) is 16.1. The van der Waals surface area contributed by atoms with Crippen molar-refractivity contribution in [1.82, 2.24) is 15.2 Å². The third-order valence-electron chi connectivity index (χ3n) is 5.96. The first-order valence-electron chi connectivity index (χ1n) is 9.21. The zero-order chi connectivity index (χ0) is 17.6. The maximum atomic E-state index is 12.3. The topological polar surface area (TPSA) is 54.5 Å². The second-order valence-corrected chi connectivity index (χ2v) is 9.03. The van der Waals surface area contributed by atoms with Gasteiger partial charge in [0.1, 0.15) is 5.69 Å². The lowest BCUT2D eigenvalue weighted by molar-refractivity contribution is 0.00363. The monoisotopic (exact) mass is 361 g/mol. The molecule has 0 saturated carbocycles. The number of ether oxygens (including phenoxy) is 1. The Kier molecular flexibility index (Phi) is 4.46. The summed E-state index contributed by atoms with van der Waals surface area (Å²) in [5.74, 6) is 0.906. The van der Waals surface area contributed by atoms with Gasteiger partial charge in [-0.1, -0.05) is 11.6 Å². The van der Waals surface area contributed by atoms with Crippen molar-refractivity contribution in [3.8, 4) is 0 Å². The molecule has 5 nitrogen and oxygen atoms in total. The lowest BCUT2D eigenvalue weighted by atomic mass is 9.73. The van der Waals surface area contributed by atoms with Crippen LogP contribution < -0.4 is 5.32 Å². The van der Waals surface area contributed by atoms with Crippen molar-refractivity contribution in [3.05, 3.63) is 27.7 Å². The van der Waals surface area contributed by atoms with Crippen LogP contribution in [0.4, 0.5) is 0 Å². The Morgan fingerprint density at radius 2 is 2.40 bits per heavy atom. The second-order valence-electron chi connectivity index (χ2n) is 7.97. The number of carbonyl (C=O) groups is 1. The summed E-state index contributed by atoms with van der Waals surface area (Å²) in [7, 11) is 0. The van der Waals surface area contributed by atoms with Crippen LogP contribution in [0.2, 0.25) is 0 Å². The quantitative estimate of drug-likeness (QED) is 0.819. The molecule has 4 rings (SSSR count). The van der Waals surface area contributed by atoms with Crippen molar-refractivity contribution in [2.24, 2.45) is 11.8 Å². The molecule has 25 heavy (non-hydrogen) atoms. The highest BCUT2D eigenvalue weighted by Crippen LogP contribution is 2.54. The maximum Gasteiger partial charge on any atom is 0.270 e. The normalized spacial score (nSPS) is 33.5. The van der Waals surface area contributed by atoms with E-state index < -0.39 is 0 Å². The second kappa shape index (κ2) is 6.49. The average Bonchev–Trinajstić information content (AvgIpc) is 3.30. The summed E-state index contributed by atoms with van der Waals surface area (Å²) in [4.78, 5) is 19.1. The Hall–Kier alpha value is -1.24. The minimum atomic E-state index is -0.0550. The lowest BCUT2D eigenvalue weighted by Gasteiger charge is -2.29. The molecule has 3 aliphatic heterocycles. The molecule has 1 amide bonds. The molecule has 3 fully saturated rings. The summed E-state index contributed by atoms with van der Waals surface area (Å²) in [6.45, 7) is 10.0. The summed E-state index contributed by atoms with van der Waals surface area (Å²) >= 11 is 1.52. The first-order valence-corrected chi connectivity index (χ1v) is 10.1. The van der Waals surface area contributed by atoms with Crippen LogP contribution in [0.3, 0.4) is 0 Å². The Labute approximate surface area is 153 Å². The van der Waals surface area contributed by atoms with Crippen LogP contribution in [0.1, 0.15) is 42.2 Å². The molecule has 0 aliphatic carbocycles. The lowest BCUT2D eigenvalue weighted by Crippen LogP contribution is -2.42. The van der Waals surface area contributed by atoms with E-state index in [2.05, 4.69) is 35.1 Å². The fraction of sp³-hybridized carbons (Fsp3) is 0.684. The Morgan fingerprint density at radius 1 is 1.56 bits per heavy atom. The van der Waals surface area contributed by atoms with Gasteiger partial charge in [0.05, 0.1) is 16.7 Å². The molecule has 1 aromatic heterocycles. The van der Waals surface area contributed by atoms with Crippen LogP contribution in [-0.2, 0) is 4.74 Å². The van der Waals surface area contributed by atoms with Gasteiger partial charge in [-0.15, -0.1) is 11.3 Å². The van der Waals surface area contributed by atoms with E-state index in [1.54, 1.807) is 0 Å². The summed E-state index contributed by atoms with van der Waals surface area (Å²) in [6.07, 6.45) is 4.91. The molecular formula is C19H27N3O2S. The minimum absolute atomic E-state index is 0.0345. The number of likely N-dealkylation sites (tertiary alicyclic amines) is 1. The molecule has 4 atom stereocenters. The number of aromatic nitrogens is 1. The predicted molar refractivity (Wildman–Crippen MR) is 98.9 cm³/mol. The molecule has 0 aromatic carbocycles. The molecule has 0 unspecified atom stereocenters. The molecule has 2 bridgehead atoms. The number of aryl methyl sites for hydroxylation is 1.